The quantitative estimate of drug-likeness (QED) is 0.864. The molecule has 1 fully saturated rings. The summed E-state index contributed by atoms with van der Waals surface area (Å²) in [6, 6.07) is 4.04. The van der Waals surface area contributed by atoms with Crippen molar-refractivity contribution in [2.45, 2.75) is 38.8 Å². The Bertz CT molecular complexity index is 505. The summed E-state index contributed by atoms with van der Waals surface area (Å²) >= 11 is 6.30. The highest BCUT2D eigenvalue weighted by Gasteiger charge is 2.36. The summed E-state index contributed by atoms with van der Waals surface area (Å²) in [5.74, 6) is 1.44. The van der Waals surface area contributed by atoms with Gasteiger partial charge in [-0.1, -0.05) is 24.6 Å². The van der Waals surface area contributed by atoms with Crippen LogP contribution in [0.15, 0.2) is 12.1 Å². The van der Waals surface area contributed by atoms with Gasteiger partial charge in [-0.2, -0.15) is 0 Å². The molecule has 3 unspecified atom stereocenters. The van der Waals surface area contributed by atoms with E-state index in [1.165, 1.54) is 12.8 Å². The molecule has 3 atom stereocenters. The summed E-state index contributed by atoms with van der Waals surface area (Å²) in [7, 11) is 0. The third-order valence-electron chi connectivity index (χ3n) is 4.38. The number of hydrogen-bond donors (Lipinski definition) is 1. The van der Waals surface area contributed by atoms with Gasteiger partial charge in [0.05, 0.1) is 11.1 Å². The predicted octanol–water partition coefficient (Wildman–Crippen LogP) is 3.17. The molecule has 1 N–H and O–H groups in total. The van der Waals surface area contributed by atoms with Gasteiger partial charge in [-0.15, -0.1) is 0 Å². The Morgan fingerprint density at radius 3 is 2.95 bits per heavy atom. The van der Waals surface area contributed by atoms with Crippen LogP contribution in [0.2, 0.25) is 5.02 Å². The molecule has 0 aliphatic carbocycles. The molecule has 110 valence electrons. The molecule has 0 amide bonds. The molecule has 20 heavy (non-hydrogen) atoms. The molecule has 0 spiro atoms. The Hall–Kier alpha value is -0.770. The molecular weight excluding hydrogens is 274 g/mol. The van der Waals surface area contributed by atoms with Gasteiger partial charge in [-0.3, -0.25) is 4.90 Å². The van der Waals surface area contributed by atoms with Gasteiger partial charge in [-0.05, 0) is 43.9 Å². The maximum absolute atomic E-state index is 10.4. The number of likely N-dealkylation sites (tertiary alicyclic amines) is 1. The maximum atomic E-state index is 10.4. The van der Waals surface area contributed by atoms with Gasteiger partial charge in [0.2, 0.25) is 0 Å². The second-order valence-electron chi connectivity index (χ2n) is 6.23. The van der Waals surface area contributed by atoms with E-state index in [4.69, 9.17) is 16.3 Å². The van der Waals surface area contributed by atoms with Crippen molar-refractivity contribution >= 4 is 11.6 Å². The van der Waals surface area contributed by atoms with E-state index in [0.717, 1.165) is 30.0 Å². The smallest absolute Gasteiger partial charge is 0.142 e. The number of aliphatic hydroxyl groups excluding tert-OH is 1. The Morgan fingerprint density at radius 1 is 1.40 bits per heavy atom. The van der Waals surface area contributed by atoms with Gasteiger partial charge in [0, 0.05) is 12.1 Å². The van der Waals surface area contributed by atoms with Crippen LogP contribution in [-0.4, -0.2) is 35.8 Å². The highest BCUT2D eigenvalue weighted by Crippen LogP contribution is 2.42. The Kier molecular flexibility index (Phi) is 3.93. The van der Waals surface area contributed by atoms with E-state index >= 15 is 0 Å². The average Bonchev–Trinajstić information content (AvgIpc) is 2.37. The fourth-order valence-electron chi connectivity index (χ4n) is 3.51. The summed E-state index contributed by atoms with van der Waals surface area (Å²) in [5, 5.41) is 11.1. The number of ether oxygens (including phenoxy) is 1. The van der Waals surface area contributed by atoms with E-state index in [9.17, 15) is 5.11 Å². The monoisotopic (exact) mass is 295 g/mol. The zero-order valence-electron chi connectivity index (χ0n) is 12.1. The standard InChI is InChI=1S/C16H22ClNO2/c1-10-4-3-5-18(8-10)15-12-6-11(2)7-13(17)16(12)20-9-14(15)19/h6-7,10,14-15,19H,3-5,8-9H2,1-2H3. The van der Waals surface area contributed by atoms with E-state index in [1.807, 2.05) is 13.0 Å². The summed E-state index contributed by atoms with van der Waals surface area (Å²) in [5.41, 5.74) is 2.16. The third-order valence-corrected chi connectivity index (χ3v) is 4.66. The molecule has 0 saturated carbocycles. The van der Waals surface area contributed by atoms with Gasteiger partial charge in [0.25, 0.3) is 0 Å². The first kappa shape index (κ1) is 14.2. The fourth-order valence-corrected chi connectivity index (χ4v) is 3.85. The normalized spacial score (nSPS) is 30.7. The zero-order valence-corrected chi connectivity index (χ0v) is 12.9. The minimum absolute atomic E-state index is 0.0129. The topological polar surface area (TPSA) is 32.7 Å². The molecule has 4 heteroatoms. The van der Waals surface area contributed by atoms with E-state index in [1.54, 1.807) is 0 Å². The van der Waals surface area contributed by atoms with Gasteiger partial charge in [-0.25, -0.2) is 0 Å². The fraction of sp³-hybridized carbons (Fsp3) is 0.625. The lowest BCUT2D eigenvalue weighted by atomic mass is 9.91. The summed E-state index contributed by atoms with van der Waals surface area (Å²) in [4.78, 5) is 2.40. The Labute approximate surface area is 125 Å². The molecule has 3 rings (SSSR count). The van der Waals surface area contributed by atoms with Crippen LogP contribution in [0.1, 0.15) is 36.9 Å². The number of hydrogen-bond acceptors (Lipinski definition) is 3. The Balaban J connectivity index is 1.98. The summed E-state index contributed by atoms with van der Waals surface area (Å²) < 4.78 is 5.66. The molecule has 1 aromatic carbocycles. The zero-order chi connectivity index (χ0) is 14.3. The van der Waals surface area contributed by atoms with Crippen molar-refractivity contribution < 1.29 is 9.84 Å². The lowest BCUT2D eigenvalue weighted by molar-refractivity contribution is -0.0140. The number of rotatable bonds is 1. The summed E-state index contributed by atoms with van der Waals surface area (Å²) in [6.07, 6.45) is 1.99. The highest BCUT2D eigenvalue weighted by atomic mass is 35.5. The van der Waals surface area contributed by atoms with E-state index in [2.05, 4.69) is 17.9 Å². The van der Waals surface area contributed by atoms with Crippen molar-refractivity contribution in [2.24, 2.45) is 5.92 Å². The van der Waals surface area contributed by atoms with Crippen LogP contribution in [0, 0.1) is 12.8 Å². The molecule has 0 radical (unpaired) electrons. The molecule has 1 aromatic rings. The number of piperidine rings is 1. The SMILES string of the molecule is Cc1cc(Cl)c2c(c1)C(N1CCCC(C)C1)C(O)CO2. The van der Waals surface area contributed by atoms with Crippen molar-refractivity contribution in [3.05, 3.63) is 28.3 Å². The van der Waals surface area contributed by atoms with E-state index in [0.29, 0.717) is 17.5 Å². The molecule has 2 aliphatic rings. The summed E-state index contributed by atoms with van der Waals surface area (Å²) in [6.45, 7) is 6.71. The first-order valence-electron chi connectivity index (χ1n) is 7.41. The number of nitrogens with zero attached hydrogens (tertiary/aromatic N) is 1. The van der Waals surface area contributed by atoms with E-state index in [-0.39, 0.29) is 6.04 Å². The van der Waals surface area contributed by atoms with Gasteiger partial charge < -0.3 is 9.84 Å². The lowest BCUT2D eigenvalue weighted by Gasteiger charge is -2.42. The average molecular weight is 296 g/mol. The number of aliphatic hydroxyl groups is 1. The van der Waals surface area contributed by atoms with Crippen LogP contribution >= 0.6 is 11.6 Å². The molecule has 0 aromatic heterocycles. The number of halogens is 1. The molecule has 1 saturated heterocycles. The minimum Gasteiger partial charge on any atom is -0.489 e. The highest BCUT2D eigenvalue weighted by molar-refractivity contribution is 6.32. The first-order chi connectivity index (χ1) is 9.56. The van der Waals surface area contributed by atoms with Crippen LogP contribution in [0.5, 0.6) is 5.75 Å². The maximum Gasteiger partial charge on any atom is 0.142 e. The van der Waals surface area contributed by atoms with Crippen molar-refractivity contribution in [3.8, 4) is 5.75 Å². The number of benzene rings is 1. The van der Waals surface area contributed by atoms with Crippen molar-refractivity contribution in [2.75, 3.05) is 19.7 Å². The largest absolute Gasteiger partial charge is 0.489 e. The van der Waals surface area contributed by atoms with Crippen LogP contribution in [0.3, 0.4) is 0 Å². The first-order valence-corrected chi connectivity index (χ1v) is 7.79. The van der Waals surface area contributed by atoms with Gasteiger partial charge in [0.15, 0.2) is 0 Å². The Morgan fingerprint density at radius 2 is 2.20 bits per heavy atom. The number of fused-ring (bicyclic) bond motifs is 1. The second-order valence-corrected chi connectivity index (χ2v) is 6.64. The van der Waals surface area contributed by atoms with Crippen LogP contribution in [0.25, 0.3) is 0 Å². The van der Waals surface area contributed by atoms with E-state index < -0.39 is 6.10 Å². The molecule has 2 heterocycles. The second kappa shape index (κ2) is 5.55. The molecule has 3 nitrogen and oxygen atoms in total. The number of aryl methyl sites for hydroxylation is 1. The molecule has 2 aliphatic heterocycles. The van der Waals surface area contributed by atoms with Crippen molar-refractivity contribution in [3.63, 3.8) is 0 Å². The molecule has 0 bridgehead atoms. The predicted molar refractivity (Wildman–Crippen MR) is 80.4 cm³/mol. The third kappa shape index (κ3) is 2.54. The molecular formula is C16H22ClNO2. The van der Waals surface area contributed by atoms with Gasteiger partial charge in [0.1, 0.15) is 18.5 Å². The van der Waals surface area contributed by atoms with Gasteiger partial charge >= 0.3 is 0 Å². The van der Waals surface area contributed by atoms with Crippen molar-refractivity contribution in [1.82, 2.24) is 4.90 Å². The minimum atomic E-state index is -0.481. The van der Waals surface area contributed by atoms with Crippen LogP contribution < -0.4 is 4.74 Å². The lowest BCUT2D eigenvalue weighted by Crippen LogP contribution is -2.46. The van der Waals surface area contributed by atoms with Crippen LogP contribution in [-0.2, 0) is 0 Å². The van der Waals surface area contributed by atoms with Crippen molar-refractivity contribution in [1.29, 1.82) is 0 Å². The van der Waals surface area contributed by atoms with Crippen LogP contribution in [0.4, 0.5) is 0 Å².